The smallest absolute Gasteiger partial charge is 0.320 e. The van der Waals surface area contributed by atoms with Crippen LogP contribution in [-0.4, -0.2) is 27.8 Å². The molecule has 2 aromatic rings. The van der Waals surface area contributed by atoms with E-state index in [1.165, 1.54) is 12.8 Å². The minimum atomic E-state index is -0.495. The van der Waals surface area contributed by atoms with Gasteiger partial charge in [0.2, 0.25) is 5.91 Å². The summed E-state index contributed by atoms with van der Waals surface area (Å²) in [5.74, 6) is 0.538. The molecular weight excluding hydrogens is 294 g/mol. The van der Waals surface area contributed by atoms with Gasteiger partial charge in [0.05, 0.1) is 5.69 Å². The minimum Gasteiger partial charge on any atom is -0.366 e. The van der Waals surface area contributed by atoms with Crippen molar-refractivity contribution in [3.63, 3.8) is 0 Å². The van der Waals surface area contributed by atoms with E-state index in [9.17, 15) is 9.59 Å². The van der Waals surface area contributed by atoms with Gasteiger partial charge in [-0.1, -0.05) is 6.07 Å². The van der Waals surface area contributed by atoms with E-state index >= 15 is 0 Å². The molecule has 23 heavy (non-hydrogen) atoms. The van der Waals surface area contributed by atoms with Crippen LogP contribution in [0, 0.1) is 5.92 Å². The highest BCUT2D eigenvalue weighted by molar-refractivity contribution is 5.93. The van der Waals surface area contributed by atoms with Gasteiger partial charge < -0.3 is 11.1 Å². The van der Waals surface area contributed by atoms with Crippen molar-refractivity contribution in [3.05, 3.63) is 42.1 Å². The normalized spacial score (nSPS) is 15.0. The zero-order valence-electron chi connectivity index (χ0n) is 12.8. The summed E-state index contributed by atoms with van der Waals surface area (Å²) in [6.45, 7) is 2.01. The Morgan fingerprint density at radius 1 is 1.35 bits per heavy atom. The van der Waals surface area contributed by atoms with Crippen LogP contribution >= 0.6 is 0 Å². The molecule has 0 spiro atoms. The molecule has 1 aromatic carbocycles. The van der Waals surface area contributed by atoms with Crippen molar-refractivity contribution in [1.82, 2.24) is 15.1 Å². The molecule has 3 rings (SSSR count). The number of hydrogen-bond donors (Lipinski definition) is 3. The summed E-state index contributed by atoms with van der Waals surface area (Å²) in [6, 6.07) is 8.42. The van der Waals surface area contributed by atoms with Crippen molar-refractivity contribution in [2.24, 2.45) is 11.7 Å². The maximum atomic E-state index is 11.9. The van der Waals surface area contributed by atoms with Crippen LogP contribution in [-0.2, 0) is 0 Å². The number of anilines is 1. The lowest BCUT2D eigenvalue weighted by atomic mass is 10.2. The number of aromatic nitrogens is 2. The highest BCUT2D eigenvalue weighted by atomic mass is 16.2. The molecule has 7 nitrogen and oxygen atoms in total. The van der Waals surface area contributed by atoms with Gasteiger partial charge in [-0.3, -0.25) is 10.1 Å². The van der Waals surface area contributed by atoms with Gasteiger partial charge in [0.25, 0.3) is 0 Å². The number of carbonyl (C=O) groups excluding carboxylic acids is 2. The van der Waals surface area contributed by atoms with E-state index in [4.69, 9.17) is 5.73 Å². The summed E-state index contributed by atoms with van der Waals surface area (Å²) in [7, 11) is 0. The average molecular weight is 313 g/mol. The molecule has 3 amide bonds. The number of nitrogens with one attached hydrogen (secondary N) is 2. The first-order valence-electron chi connectivity index (χ1n) is 7.56. The lowest BCUT2D eigenvalue weighted by molar-refractivity contribution is 0.1000. The molecule has 1 saturated carbocycles. The molecule has 1 aliphatic rings. The molecule has 1 fully saturated rings. The molecule has 0 radical (unpaired) electrons. The Bertz CT molecular complexity index is 736. The Balaban J connectivity index is 1.66. The molecule has 1 heterocycles. The third kappa shape index (κ3) is 3.68. The second-order valence-corrected chi connectivity index (χ2v) is 5.78. The van der Waals surface area contributed by atoms with Gasteiger partial charge in [-0.25, -0.2) is 9.48 Å². The van der Waals surface area contributed by atoms with E-state index in [0.717, 1.165) is 0 Å². The minimum absolute atomic E-state index is 0.171. The van der Waals surface area contributed by atoms with Gasteiger partial charge in [-0.2, -0.15) is 0 Å². The number of nitrogens with zero attached hydrogens (tertiary/aromatic N) is 2. The highest BCUT2D eigenvalue weighted by Crippen LogP contribution is 2.32. The van der Waals surface area contributed by atoms with E-state index in [1.807, 2.05) is 6.92 Å². The summed E-state index contributed by atoms with van der Waals surface area (Å²) in [4.78, 5) is 23.1. The van der Waals surface area contributed by atoms with Gasteiger partial charge in [0, 0.05) is 23.9 Å². The summed E-state index contributed by atoms with van der Waals surface area (Å²) in [5.41, 5.74) is 6.38. The van der Waals surface area contributed by atoms with Gasteiger partial charge in [0.1, 0.15) is 0 Å². The van der Waals surface area contributed by atoms with E-state index in [-0.39, 0.29) is 12.1 Å². The van der Waals surface area contributed by atoms with Crippen LogP contribution in [0.1, 0.15) is 30.1 Å². The Hall–Kier alpha value is -2.83. The first-order valence-corrected chi connectivity index (χ1v) is 7.56. The fourth-order valence-electron chi connectivity index (χ4n) is 2.41. The molecule has 120 valence electrons. The fraction of sp³-hybridized carbons (Fsp3) is 0.312. The van der Waals surface area contributed by atoms with Crippen molar-refractivity contribution >= 4 is 17.8 Å². The second-order valence-electron chi connectivity index (χ2n) is 5.78. The van der Waals surface area contributed by atoms with Crippen LogP contribution in [0.2, 0.25) is 0 Å². The first-order chi connectivity index (χ1) is 11.0. The van der Waals surface area contributed by atoms with Crippen LogP contribution in [0.25, 0.3) is 5.69 Å². The standard InChI is InChI=1S/C16H19N5O2/c1-10(11-5-6-11)18-16(23)19-14-7-8-21(20-14)13-4-2-3-12(9-13)15(17)22/h2-4,7-11H,5-6H2,1H3,(H2,17,22)(H2,18,19,20,23)/t10-/m0/s1. The molecule has 1 aromatic heterocycles. The van der Waals surface area contributed by atoms with Crippen molar-refractivity contribution in [2.75, 3.05) is 5.32 Å². The zero-order chi connectivity index (χ0) is 16.4. The summed E-state index contributed by atoms with van der Waals surface area (Å²) in [5, 5.41) is 9.89. The lowest BCUT2D eigenvalue weighted by Crippen LogP contribution is -2.37. The Kier molecular flexibility index (Phi) is 4.01. The second kappa shape index (κ2) is 6.12. The lowest BCUT2D eigenvalue weighted by Gasteiger charge is -2.12. The first kappa shape index (κ1) is 15.1. The number of urea groups is 1. The molecule has 0 unspecified atom stereocenters. The zero-order valence-corrected chi connectivity index (χ0v) is 12.8. The van der Waals surface area contributed by atoms with Crippen LogP contribution < -0.4 is 16.4 Å². The van der Waals surface area contributed by atoms with Crippen LogP contribution in [0.4, 0.5) is 10.6 Å². The Morgan fingerprint density at radius 3 is 2.83 bits per heavy atom. The third-order valence-electron chi connectivity index (χ3n) is 3.91. The number of hydrogen-bond acceptors (Lipinski definition) is 3. The topological polar surface area (TPSA) is 102 Å². The van der Waals surface area contributed by atoms with Gasteiger partial charge in [-0.15, -0.1) is 5.10 Å². The quantitative estimate of drug-likeness (QED) is 0.785. The molecule has 1 aliphatic carbocycles. The molecule has 1 atom stereocenters. The maximum absolute atomic E-state index is 11.9. The van der Waals surface area contributed by atoms with Crippen LogP contribution in [0.3, 0.4) is 0 Å². The monoisotopic (exact) mass is 313 g/mol. The van der Waals surface area contributed by atoms with E-state index in [0.29, 0.717) is 23.0 Å². The van der Waals surface area contributed by atoms with E-state index in [1.54, 1.807) is 41.2 Å². The predicted molar refractivity (Wildman–Crippen MR) is 86.4 cm³/mol. The SMILES string of the molecule is C[C@H](NC(=O)Nc1ccn(-c2cccc(C(N)=O)c2)n1)C1CC1. The van der Waals surface area contributed by atoms with Crippen molar-refractivity contribution < 1.29 is 9.59 Å². The Morgan fingerprint density at radius 2 is 2.13 bits per heavy atom. The molecule has 0 saturated heterocycles. The van der Waals surface area contributed by atoms with Crippen molar-refractivity contribution in [2.45, 2.75) is 25.8 Å². The van der Waals surface area contributed by atoms with Crippen LogP contribution in [0.15, 0.2) is 36.5 Å². The molecule has 7 heteroatoms. The summed E-state index contributed by atoms with van der Waals surface area (Å²) in [6.07, 6.45) is 4.05. The number of benzene rings is 1. The van der Waals surface area contributed by atoms with Gasteiger partial charge >= 0.3 is 6.03 Å². The van der Waals surface area contributed by atoms with Crippen LogP contribution in [0.5, 0.6) is 0 Å². The largest absolute Gasteiger partial charge is 0.366 e. The maximum Gasteiger partial charge on any atom is 0.320 e. The third-order valence-corrected chi connectivity index (χ3v) is 3.91. The van der Waals surface area contributed by atoms with E-state index < -0.39 is 5.91 Å². The predicted octanol–water partition coefficient (Wildman–Crippen LogP) is 1.89. The molecule has 0 aliphatic heterocycles. The average Bonchev–Trinajstić information content (AvgIpc) is 3.28. The highest BCUT2D eigenvalue weighted by Gasteiger charge is 2.28. The van der Waals surface area contributed by atoms with Gasteiger partial charge in [0.15, 0.2) is 5.82 Å². The van der Waals surface area contributed by atoms with E-state index in [2.05, 4.69) is 15.7 Å². The molecule has 4 N–H and O–H groups in total. The number of rotatable bonds is 5. The number of carbonyl (C=O) groups is 2. The molecule has 0 bridgehead atoms. The molecular formula is C16H19N5O2. The Labute approximate surface area is 133 Å². The van der Waals surface area contributed by atoms with Crippen molar-refractivity contribution in [1.29, 1.82) is 0 Å². The fourth-order valence-corrected chi connectivity index (χ4v) is 2.41. The number of nitrogens with two attached hydrogens (primary N) is 1. The summed E-state index contributed by atoms with van der Waals surface area (Å²) >= 11 is 0. The summed E-state index contributed by atoms with van der Waals surface area (Å²) < 4.78 is 1.58. The van der Waals surface area contributed by atoms with Gasteiger partial charge in [-0.05, 0) is 43.9 Å². The number of amides is 3. The number of primary amides is 1. The van der Waals surface area contributed by atoms with Crippen molar-refractivity contribution in [3.8, 4) is 5.69 Å².